The van der Waals surface area contributed by atoms with Crippen LogP contribution in [0.5, 0.6) is 0 Å². The summed E-state index contributed by atoms with van der Waals surface area (Å²) in [6.45, 7) is 0. The Kier molecular flexibility index (Phi) is 4.63. The Labute approximate surface area is 120 Å². The van der Waals surface area contributed by atoms with Gasteiger partial charge in [0, 0.05) is 10.6 Å². The molecule has 0 radical (unpaired) electrons. The summed E-state index contributed by atoms with van der Waals surface area (Å²) in [5.74, 6) is -0.562. The Morgan fingerprint density at radius 3 is 2.40 bits per heavy atom. The highest BCUT2D eigenvalue weighted by atomic mass is 32.2. The van der Waals surface area contributed by atoms with Crippen LogP contribution in [0.4, 0.5) is 10.1 Å². The van der Waals surface area contributed by atoms with E-state index in [1.165, 1.54) is 17.8 Å². The average Bonchev–Trinajstić information content (AvgIpc) is 2.41. The molecule has 0 heterocycles. The summed E-state index contributed by atoms with van der Waals surface area (Å²) in [4.78, 5) is 11.4. The molecule has 0 atom stereocenters. The Bertz CT molecular complexity index is 614. The maximum atomic E-state index is 13.3. The van der Waals surface area contributed by atoms with Crippen molar-refractivity contribution in [2.24, 2.45) is 0 Å². The van der Waals surface area contributed by atoms with E-state index in [9.17, 15) is 9.18 Å². The molecule has 0 amide bonds. The van der Waals surface area contributed by atoms with Gasteiger partial charge in [0.05, 0.1) is 12.1 Å². The molecule has 2 aromatic carbocycles. The Morgan fingerprint density at radius 1 is 1.15 bits per heavy atom. The SMILES string of the molecule is Nc1ccc(SCc2ccc(CC(=O)O)cc2)cc1F. The van der Waals surface area contributed by atoms with E-state index in [0.717, 1.165) is 16.0 Å². The third kappa shape index (κ3) is 3.99. The number of thioether (sulfide) groups is 1. The molecule has 0 saturated heterocycles. The summed E-state index contributed by atoms with van der Waals surface area (Å²) in [7, 11) is 0. The summed E-state index contributed by atoms with van der Waals surface area (Å²) >= 11 is 1.50. The zero-order valence-electron chi connectivity index (χ0n) is 10.7. The number of halogens is 1. The third-order valence-corrected chi connectivity index (χ3v) is 3.82. The molecule has 2 aromatic rings. The van der Waals surface area contributed by atoms with Crippen LogP contribution in [0.25, 0.3) is 0 Å². The van der Waals surface area contributed by atoms with Gasteiger partial charge in [0.15, 0.2) is 0 Å². The minimum absolute atomic E-state index is 0.0244. The van der Waals surface area contributed by atoms with Crippen LogP contribution in [0.3, 0.4) is 0 Å². The molecular weight excluding hydrogens is 277 g/mol. The molecule has 104 valence electrons. The van der Waals surface area contributed by atoms with Crippen molar-refractivity contribution in [2.45, 2.75) is 17.1 Å². The van der Waals surface area contributed by atoms with Crippen LogP contribution in [-0.2, 0) is 17.0 Å². The lowest BCUT2D eigenvalue weighted by Crippen LogP contribution is -1.99. The number of nitrogen functional groups attached to an aromatic ring is 1. The summed E-state index contributed by atoms with van der Waals surface area (Å²) in [6, 6.07) is 12.1. The van der Waals surface area contributed by atoms with Crippen LogP contribution in [-0.4, -0.2) is 11.1 Å². The first-order chi connectivity index (χ1) is 9.54. The van der Waals surface area contributed by atoms with E-state index in [0.29, 0.717) is 5.75 Å². The van der Waals surface area contributed by atoms with Crippen molar-refractivity contribution in [3.8, 4) is 0 Å². The first-order valence-electron chi connectivity index (χ1n) is 6.02. The van der Waals surface area contributed by atoms with Gasteiger partial charge in [0.2, 0.25) is 0 Å². The number of aliphatic carboxylic acids is 1. The number of anilines is 1. The average molecular weight is 291 g/mol. The van der Waals surface area contributed by atoms with Crippen LogP contribution in [0.15, 0.2) is 47.4 Å². The number of carbonyl (C=O) groups is 1. The number of carboxylic acids is 1. The predicted molar refractivity (Wildman–Crippen MR) is 78.2 cm³/mol. The minimum atomic E-state index is -0.843. The zero-order chi connectivity index (χ0) is 14.5. The van der Waals surface area contributed by atoms with Gasteiger partial charge in [-0.1, -0.05) is 24.3 Å². The molecule has 0 aromatic heterocycles. The highest BCUT2D eigenvalue weighted by Gasteiger charge is 2.03. The summed E-state index contributed by atoms with van der Waals surface area (Å²) in [5.41, 5.74) is 7.39. The van der Waals surface area contributed by atoms with E-state index in [4.69, 9.17) is 10.8 Å². The first kappa shape index (κ1) is 14.4. The normalized spacial score (nSPS) is 10.4. The topological polar surface area (TPSA) is 63.3 Å². The maximum absolute atomic E-state index is 13.3. The fourth-order valence-corrected chi connectivity index (χ4v) is 2.57. The molecule has 0 bridgehead atoms. The van der Waals surface area contributed by atoms with Gasteiger partial charge < -0.3 is 10.8 Å². The lowest BCUT2D eigenvalue weighted by molar-refractivity contribution is -0.136. The number of rotatable bonds is 5. The van der Waals surface area contributed by atoms with Crippen LogP contribution in [0, 0.1) is 5.82 Å². The molecular formula is C15H14FNO2S. The van der Waals surface area contributed by atoms with Crippen LogP contribution in [0.1, 0.15) is 11.1 Å². The Hall–Kier alpha value is -2.01. The molecule has 0 saturated carbocycles. The lowest BCUT2D eigenvalue weighted by Gasteiger charge is -2.04. The van der Waals surface area contributed by atoms with Crippen LogP contribution < -0.4 is 5.73 Å². The first-order valence-corrected chi connectivity index (χ1v) is 7.00. The standard InChI is InChI=1S/C15H14FNO2S/c16-13-8-12(5-6-14(13)17)20-9-11-3-1-10(2-4-11)7-15(18)19/h1-6,8H,7,9,17H2,(H,18,19). The molecule has 5 heteroatoms. The van der Waals surface area contributed by atoms with Crippen molar-refractivity contribution in [1.29, 1.82) is 0 Å². The number of hydrogen-bond donors (Lipinski definition) is 2. The molecule has 2 rings (SSSR count). The lowest BCUT2D eigenvalue weighted by atomic mass is 10.1. The molecule has 3 nitrogen and oxygen atoms in total. The van der Waals surface area contributed by atoms with Gasteiger partial charge in [-0.05, 0) is 29.3 Å². The van der Waals surface area contributed by atoms with Crippen molar-refractivity contribution in [3.63, 3.8) is 0 Å². The molecule has 3 N–H and O–H groups in total. The number of nitrogens with two attached hydrogens (primary N) is 1. The van der Waals surface area contributed by atoms with Crippen molar-refractivity contribution in [1.82, 2.24) is 0 Å². The fraction of sp³-hybridized carbons (Fsp3) is 0.133. The highest BCUT2D eigenvalue weighted by Crippen LogP contribution is 2.25. The third-order valence-electron chi connectivity index (χ3n) is 2.76. The molecule has 0 aliphatic rings. The highest BCUT2D eigenvalue weighted by molar-refractivity contribution is 7.98. The van der Waals surface area contributed by atoms with Crippen molar-refractivity contribution in [3.05, 3.63) is 59.4 Å². The molecule has 0 fully saturated rings. The summed E-state index contributed by atoms with van der Waals surface area (Å²) in [5, 5.41) is 8.69. The smallest absolute Gasteiger partial charge is 0.307 e. The summed E-state index contributed by atoms with van der Waals surface area (Å²) < 4.78 is 13.3. The molecule has 20 heavy (non-hydrogen) atoms. The number of benzene rings is 2. The second-order valence-corrected chi connectivity index (χ2v) is 5.41. The Morgan fingerprint density at radius 2 is 1.80 bits per heavy atom. The largest absolute Gasteiger partial charge is 0.481 e. The zero-order valence-corrected chi connectivity index (χ0v) is 11.5. The van der Waals surface area contributed by atoms with Crippen LogP contribution in [0.2, 0.25) is 0 Å². The van der Waals surface area contributed by atoms with E-state index in [-0.39, 0.29) is 12.1 Å². The number of hydrogen-bond acceptors (Lipinski definition) is 3. The Balaban J connectivity index is 1.96. The minimum Gasteiger partial charge on any atom is -0.481 e. The van der Waals surface area contributed by atoms with Gasteiger partial charge in [-0.15, -0.1) is 11.8 Å². The number of carboxylic acid groups (broad SMARTS) is 1. The monoisotopic (exact) mass is 291 g/mol. The van der Waals surface area contributed by atoms with E-state index < -0.39 is 11.8 Å². The van der Waals surface area contributed by atoms with Crippen molar-refractivity contribution in [2.75, 3.05) is 5.73 Å². The molecule has 0 aliphatic carbocycles. The van der Waals surface area contributed by atoms with Gasteiger partial charge in [0.25, 0.3) is 0 Å². The van der Waals surface area contributed by atoms with Crippen molar-refractivity contribution >= 4 is 23.4 Å². The van der Waals surface area contributed by atoms with Gasteiger partial charge in [-0.3, -0.25) is 4.79 Å². The van der Waals surface area contributed by atoms with Gasteiger partial charge in [-0.2, -0.15) is 0 Å². The van der Waals surface area contributed by atoms with E-state index >= 15 is 0 Å². The quantitative estimate of drug-likeness (QED) is 0.655. The van der Waals surface area contributed by atoms with E-state index in [2.05, 4.69) is 0 Å². The summed E-state index contributed by atoms with van der Waals surface area (Å²) in [6.07, 6.45) is 0.0244. The molecule has 0 aliphatic heterocycles. The molecule has 0 unspecified atom stereocenters. The molecule has 0 spiro atoms. The van der Waals surface area contributed by atoms with Gasteiger partial charge in [0.1, 0.15) is 5.82 Å². The van der Waals surface area contributed by atoms with Crippen LogP contribution >= 0.6 is 11.8 Å². The fourth-order valence-electron chi connectivity index (χ4n) is 1.69. The van der Waals surface area contributed by atoms with E-state index in [1.54, 1.807) is 24.3 Å². The van der Waals surface area contributed by atoms with Crippen molar-refractivity contribution < 1.29 is 14.3 Å². The van der Waals surface area contributed by atoms with Gasteiger partial charge in [-0.25, -0.2) is 4.39 Å². The maximum Gasteiger partial charge on any atom is 0.307 e. The second-order valence-electron chi connectivity index (χ2n) is 4.36. The van der Waals surface area contributed by atoms with Gasteiger partial charge >= 0.3 is 5.97 Å². The second kappa shape index (κ2) is 6.43. The van der Waals surface area contributed by atoms with E-state index in [1.807, 2.05) is 12.1 Å². The predicted octanol–water partition coefficient (Wildman–Crippen LogP) is 3.33.